The Bertz CT molecular complexity index is 93.6. The van der Waals surface area contributed by atoms with Crippen LogP contribution < -0.4 is 11.1 Å². The van der Waals surface area contributed by atoms with E-state index in [1.165, 1.54) is 0 Å². The van der Waals surface area contributed by atoms with Gasteiger partial charge in [-0.15, -0.1) is 0 Å². The minimum absolute atomic E-state index is 0.274. The number of hydrogen-bond acceptors (Lipinski definition) is 3. The number of likely N-dealkylation sites (N-methyl/N-ethyl adjacent to an activating group) is 1. The van der Waals surface area contributed by atoms with Gasteiger partial charge < -0.3 is 11.1 Å². The summed E-state index contributed by atoms with van der Waals surface area (Å²) >= 11 is 0. The fourth-order valence-corrected chi connectivity index (χ4v) is 0.752. The van der Waals surface area contributed by atoms with Crippen molar-refractivity contribution in [3.63, 3.8) is 0 Å². The third-order valence-corrected chi connectivity index (χ3v) is 1.28. The Hall–Kier alpha value is -0.410. The first-order chi connectivity index (χ1) is 4.81. The molecule has 0 saturated carbocycles. The summed E-state index contributed by atoms with van der Waals surface area (Å²) in [6.07, 6.45) is 2.55. The Kier molecular flexibility index (Phi) is 6.43. The van der Waals surface area contributed by atoms with Crippen molar-refractivity contribution in [3.8, 4) is 0 Å². The zero-order valence-corrected chi connectivity index (χ0v) is 6.52. The summed E-state index contributed by atoms with van der Waals surface area (Å²) in [5.41, 5.74) is 5.26. The molecule has 0 fully saturated rings. The molecule has 10 heavy (non-hydrogen) atoms. The van der Waals surface area contributed by atoms with Gasteiger partial charge in [0.2, 0.25) is 0 Å². The van der Waals surface area contributed by atoms with Crippen LogP contribution >= 0.6 is 0 Å². The number of hydrogen-bond donors (Lipinski definition) is 2. The number of Topliss-reactive ketones (excluding diaryl/α,β-unsaturated/α-hetero) is 1. The molecule has 0 amide bonds. The Morgan fingerprint density at radius 1 is 1.50 bits per heavy atom. The van der Waals surface area contributed by atoms with Crippen LogP contribution in [-0.2, 0) is 4.79 Å². The van der Waals surface area contributed by atoms with Crippen LogP contribution in [0.5, 0.6) is 0 Å². The van der Waals surface area contributed by atoms with Crippen LogP contribution in [-0.4, -0.2) is 25.9 Å². The highest BCUT2D eigenvalue weighted by Crippen LogP contribution is 1.93. The topological polar surface area (TPSA) is 55.1 Å². The predicted octanol–water partition coefficient (Wildman–Crippen LogP) is -0.0961. The van der Waals surface area contributed by atoms with Crippen LogP contribution in [0, 0.1) is 0 Å². The monoisotopic (exact) mass is 144 g/mol. The van der Waals surface area contributed by atoms with E-state index in [0.29, 0.717) is 19.5 Å². The lowest BCUT2D eigenvalue weighted by Crippen LogP contribution is -2.18. The van der Waals surface area contributed by atoms with Crippen molar-refractivity contribution < 1.29 is 4.79 Å². The van der Waals surface area contributed by atoms with Gasteiger partial charge in [0.15, 0.2) is 0 Å². The van der Waals surface area contributed by atoms with Crippen molar-refractivity contribution in [3.05, 3.63) is 0 Å². The second-order valence-corrected chi connectivity index (χ2v) is 2.31. The lowest BCUT2D eigenvalue weighted by atomic mass is 10.2. The molecular formula is C7H16N2O. The summed E-state index contributed by atoms with van der Waals surface area (Å²) in [7, 11) is 1.78. The summed E-state index contributed by atoms with van der Waals surface area (Å²) in [6, 6.07) is 0. The van der Waals surface area contributed by atoms with Gasteiger partial charge in [-0.05, 0) is 26.4 Å². The predicted molar refractivity (Wildman–Crippen MR) is 41.8 cm³/mol. The molecule has 3 heteroatoms. The fraction of sp³-hybridized carbons (Fsp3) is 0.857. The molecule has 3 nitrogen and oxygen atoms in total. The average molecular weight is 144 g/mol. The second kappa shape index (κ2) is 6.71. The summed E-state index contributed by atoms with van der Waals surface area (Å²) in [6.45, 7) is 1.18. The molecule has 0 spiro atoms. The first-order valence-electron chi connectivity index (χ1n) is 3.67. The van der Waals surface area contributed by atoms with E-state index in [1.54, 1.807) is 7.05 Å². The molecule has 0 aliphatic heterocycles. The minimum atomic E-state index is 0.274. The summed E-state index contributed by atoms with van der Waals surface area (Å²) in [4.78, 5) is 10.8. The number of carbonyl (C=O) groups excluding carboxylic acids is 1. The van der Waals surface area contributed by atoms with Crippen LogP contribution in [0.4, 0.5) is 0 Å². The lowest BCUT2D eigenvalue weighted by molar-refractivity contribution is -0.118. The summed E-state index contributed by atoms with van der Waals surface area (Å²) < 4.78 is 0. The third kappa shape index (κ3) is 5.72. The Morgan fingerprint density at radius 2 is 2.20 bits per heavy atom. The zero-order valence-electron chi connectivity index (χ0n) is 6.52. The van der Waals surface area contributed by atoms with Gasteiger partial charge in [0, 0.05) is 6.42 Å². The van der Waals surface area contributed by atoms with Crippen molar-refractivity contribution in [2.75, 3.05) is 20.1 Å². The number of rotatable bonds is 6. The van der Waals surface area contributed by atoms with Crippen molar-refractivity contribution in [1.29, 1.82) is 0 Å². The van der Waals surface area contributed by atoms with Gasteiger partial charge in [-0.3, -0.25) is 4.79 Å². The second-order valence-electron chi connectivity index (χ2n) is 2.31. The number of nitrogens with one attached hydrogen (secondary N) is 1. The Balaban J connectivity index is 3.05. The van der Waals surface area contributed by atoms with Crippen LogP contribution in [0.25, 0.3) is 0 Å². The van der Waals surface area contributed by atoms with E-state index in [1.807, 2.05) is 0 Å². The van der Waals surface area contributed by atoms with E-state index in [-0.39, 0.29) is 5.78 Å². The highest BCUT2D eigenvalue weighted by atomic mass is 16.1. The normalized spacial score (nSPS) is 9.80. The maximum absolute atomic E-state index is 10.8. The summed E-state index contributed by atoms with van der Waals surface area (Å²) in [5.74, 6) is 0.274. The van der Waals surface area contributed by atoms with Crippen molar-refractivity contribution >= 4 is 5.78 Å². The molecule has 0 atom stereocenters. The number of nitrogens with two attached hydrogens (primary N) is 1. The van der Waals surface area contributed by atoms with Gasteiger partial charge in [0.1, 0.15) is 5.78 Å². The highest BCUT2D eigenvalue weighted by Gasteiger charge is 1.97. The third-order valence-electron chi connectivity index (χ3n) is 1.28. The van der Waals surface area contributed by atoms with Gasteiger partial charge in [-0.1, -0.05) is 0 Å². The standard InChI is InChI=1S/C7H16N2O/c1-9-6-7(10)4-2-3-5-8/h9H,2-6,8H2,1H3. The van der Waals surface area contributed by atoms with Gasteiger partial charge in [0.25, 0.3) is 0 Å². The molecule has 0 rings (SSSR count). The van der Waals surface area contributed by atoms with E-state index < -0.39 is 0 Å². The molecule has 0 heterocycles. The molecule has 0 aromatic heterocycles. The first kappa shape index (κ1) is 9.59. The van der Waals surface area contributed by atoms with Crippen LogP contribution in [0.15, 0.2) is 0 Å². The molecule has 0 unspecified atom stereocenters. The summed E-state index contributed by atoms with van der Waals surface area (Å²) in [5, 5.41) is 2.81. The molecule has 3 N–H and O–H groups in total. The quantitative estimate of drug-likeness (QED) is 0.512. The molecular weight excluding hydrogens is 128 g/mol. The van der Waals surface area contributed by atoms with E-state index in [9.17, 15) is 4.79 Å². The molecule has 0 radical (unpaired) electrons. The smallest absolute Gasteiger partial charge is 0.146 e. The highest BCUT2D eigenvalue weighted by molar-refractivity contribution is 5.80. The first-order valence-corrected chi connectivity index (χ1v) is 3.67. The molecule has 0 aromatic rings. The molecule has 0 aromatic carbocycles. The van der Waals surface area contributed by atoms with Crippen LogP contribution in [0.1, 0.15) is 19.3 Å². The van der Waals surface area contributed by atoms with E-state index in [0.717, 1.165) is 12.8 Å². The van der Waals surface area contributed by atoms with Crippen LogP contribution in [0.2, 0.25) is 0 Å². The SMILES string of the molecule is CNCC(=O)CCCCN. The minimum Gasteiger partial charge on any atom is -0.330 e. The van der Waals surface area contributed by atoms with E-state index in [4.69, 9.17) is 5.73 Å². The molecule has 0 aliphatic carbocycles. The van der Waals surface area contributed by atoms with E-state index >= 15 is 0 Å². The van der Waals surface area contributed by atoms with Crippen molar-refractivity contribution in [2.45, 2.75) is 19.3 Å². The van der Waals surface area contributed by atoms with E-state index in [2.05, 4.69) is 5.32 Å². The lowest BCUT2D eigenvalue weighted by Gasteiger charge is -1.97. The molecule has 60 valence electrons. The largest absolute Gasteiger partial charge is 0.330 e. The molecule has 0 saturated heterocycles. The average Bonchev–Trinajstić information content (AvgIpc) is 1.89. The van der Waals surface area contributed by atoms with Gasteiger partial charge in [-0.2, -0.15) is 0 Å². The number of carbonyl (C=O) groups is 1. The Morgan fingerprint density at radius 3 is 2.70 bits per heavy atom. The number of ketones is 1. The van der Waals surface area contributed by atoms with Crippen molar-refractivity contribution in [2.24, 2.45) is 5.73 Å². The van der Waals surface area contributed by atoms with Gasteiger partial charge in [0.05, 0.1) is 6.54 Å². The van der Waals surface area contributed by atoms with Crippen molar-refractivity contribution in [1.82, 2.24) is 5.32 Å². The maximum Gasteiger partial charge on any atom is 0.146 e. The maximum atomic E-state index is 10.8. The molecule has 0 aliphatic rings. The van der Waals surface area contributed by atoms with Gasteiger partial charge >= 0.3 is 0 Å². The Labute approximate surface area is 62.0 Å². The fourth-order valence-electron chi connectivity index (χ4n) is 0.752. The van der Waals surface area contributed by atoms with Crippen LogP contribution in [0.3, 0.4) is 0 Å². The molecule has 0 bridgehead atoms. The zero-order chi connectivity index (χ0) is 7.82. The number of unbranched alkanes of at least 4 members (excludes halogenated alkanes) is 1. The van der Waals surface area contributed by atoms with Gasteiger partial charge in [-0.25, -0.2) is 0 Å².